The SMILES string of the molecule is CCCN(c1nc(Cl)ccc1C(=O)O)C1CCNCC1. The minimum absolute atomic E-state index is 0.224. The fourth-order valence-corrected chi connectivity index (χ4v) is 2.77. The molecule has 0 amide bonds. The summed E-state index contributed by atoms with van der Waals surface area (Å²) >= 11 is 5.96. The first kappa shape index (κ1) is 15.1. The van der Waals surface area contributed by atoms with Gasteiger partial charge >= 0.3 is 5.97 Å². The van der Waals surface area contributed by atoms with Gasteiger partial charge in [0, 0.05) is 12.6 Å². The lowest BCUT2D eigenvalue weighted by Gasteiger charge is -2.36. The highest BCUT2D eigenvalue weighted by atomic mass is 35.5. The summed E-state index contributed by atoms with van der Waals surface area (Å²) in [6, 6.07) is 3.39. The minimum Gasteiger partial charge on any atom is -0.478 e. The number of aromatic carboxylic acids is 1. The molecule has 0 aromatic carbocycles. The first-order chi connectivity index (χ1) is 9.63. The molecule has 1 aliphatic heterocycles. The van der Waals surface area contributed by atoms with E-state index in [1.165, 1.54) is 12.1 Å². The van der Waals surface area contributed by atoms with Gasteiger partial charge in [-0.05, 0) is 44.5 Å². The van der Waals surface area contributed by atoms with E-state index in [1.807, 2.05) is 0 Å². The van der Waals surface area contributed by atoms with E-state index in [9.17, 15) is 9.90 Å². The van der Waals surface area contributed by atoms with Crippen LogP contribution in [0.3, 0.4) is 0 Å². The van der Waals surface area contributed by atoms with E-state index in [4.69, 9.17) is 11.6 Å². The first-order valence-electron chi connectivity index (χ1n) is 7.00. The van der Waals surface area contributed by atoms with Crippen molar-refractivity contribution in [1.29, 1.82) is 0 Å². The lowest BCUT2D eigenvalue weighted by atomic mass is 10.0. The Morgan fingerprint density at radius 1 is 1.50 bits per heavy atom. The van der Waals surface area contributed by atoms with Crippen LogP contribution in [0.25, 0.3) is 0 Å². The van der Waals surface area contributed by atoms with Crippen LogP contribution in [0.15, 0.2) is 12.1 Å². The quantitative estimate of drug-likeness (QED) is 0.817. The van der Waals surface area contributed by atoms with Gasteiger partial charge < -0.3 is 15.3 Å². The molecule has 6 heteroatoms. The zero-order valence-electron chi connectivity index (χ0n) is 11.6. The number of carbonyl (C=O) groups is 1. The molecule has 0 spiro atoms. The highest BCUT2D eigenvalue weighted by molar-refractivity contribution is 6.29. The number of carboxylic acids is 1. The number of aromatic nitrogens is 1. The highest BCUT2D eigenvalue weighted by Gasteiger charge is 2.25. The maximum Gasteiger partial charge on any atom is 0.339 e. The van der Waals surface area contributed by atoms with Crippen LogP contribution in [0, 0.1) is 0 Å². The molecule has 1 fully saturated rings. The number of anilines is 1. The Bertz CT molecular complexity index is 475. The summed E-state index contributed by atoms with van der Waals surface area (Å²) in [5, 5.41) is 13.0. The summed E-state index contributed by atoms with van der Waals surface area (Å²) in [5.74, 6) is -0.460. The molecule has 5 nitrogen and oxygen atoms in total. The predicted octanol–water partition coefficient (Wildman–Crippen LogP) is 2.40. The number of hydrogen-bond acceptors (Lipinski definition) is 4. The molecule has 2 rings (SSSR count). The van der Waals surface area contributed by atoms with E-state index >= 15 is 0 Å². The zero-order valence-corrected chi connectivity index (χ0v) is 12.4. The molecule has 0 radical (unpaired) electrons. The van der Waals surface area contributed by atoms with Gasteiger partial charge in [-0.15, -0.1) is 0 Å². The molecule has 2 heterocycles. The van der Waals surface area contributed by atoms with Gasteiger partial charge in [0.25, 0.3) is 0 Å². The van der Waals surface area contributed by atoms with Gasteiger partial charge in [0.1, 0.15) is 16.5 Å². The van der Waals surface area contributed by atoms with Crippen molar-refractivity contribution < 1.29 is 9.90 Å². The fraction of sp³-hybridized carbons (Fsp3) is 0.571. The normalized spacial score (nSPS) is 16.1. The third-order valence-corrected chi connectivity index (χ3v) is 3.77. The Morgan fingerprint density at radius 3 is 2.80 bits per heavy atom. The Labute approximate surface area is 123 Å². The molecule has 0 bridgehead atoms. The average molecular weight is 298 g/mol. The van der Waals surface area contributed by atoms with Crippen molar-refractivity contribution in [2.24, 2.45) is 0 Å². The Balaban J connectivity index is 2.36. The van der Waals surface area contributed by atoms with Crippen molar-refractivity contribution in [2.45, 2.75) is 32.2 Å². The van der Waals surface area contributed by atoms with E-state index in [0.29, 0.717) is 17.0 Å². The van der Waals surface area contributed by atoms with Crippen molar-refractivity contribution in [3.8, 4) is 0 Å². The third kappa shape index (κ3) is 3.41. The highest BCUT2D eigenvalue weighted by Crippen LogP contribution is 2.26. The molecule has 1 aliphatic rings. The van der Waals surface area contributed by atoms with Crippen LogP contribution in [-0.4, -0.2) is 41.7 Å². The molecule has 1 aromatic heterocycles. The standard InChI is InChI=1S/C14H20ClN3O2/c1-2-9-18(10-5-7-16-8-6-10)13-11(14(19)20)3-4-12(15)17-13/h3-4,10,16H,2,5-9H2,1H3,(H,19,20). The smallest absolute Gasteiger partial charge is 0.339 e. The number of piperidine rings is 1. The molecule has 2 N–H and O–H groups in total. The molecular weight excluding hydrogens is 278 g/mol. The summed E-state index contributed by atoms with van der Waals surface area (Å²) in [6.07, 6.45) is 2.93. The van der Waals surface area contributed by atoms with Crippen LogP contribution >= 0.6 is 11.6 Å². The Morgan fingerprint density at radius 2 is 2.20 bits per heavy atom. The Hall–Kier alpha value is -1.33. The van der Waals surface area contributed by atoms with Gasteiger partial charge in [0.15, 0.2) is 0 Å². The van der Waals surface area contributed by atoms with Gasteiger partial charge in [0.05, 0.1) is 0 Å². The van der Waals surface area contributed by atoms with Crippen LogP contribution in [0.5, 0.6) is 0 Å². The van der Waals surface area contributed by atoms with Crippen LogP contribution in [0.1, 0.15) is 36.5 Å². The van der Waals surface area contributed by atoms with E-state index in [2.05, 4.69) is 22.1 Å². The Kier molecular flexibility index (Phi) is 5.20. The van der Waals surface area contributed by atoms with E-state index in [0.717, 1.165) is 38.9 Å². The van der Waals surface area contributed by atoms with Gasteiger partial charge in [-0.3, -0.25) is 0 Å². The van der Waals surface area contributed by atoms with Crippen LogP contribution in [0.2, 0.25) is 5.15 Å². The van der Waals surface area contributed by atoms with Gasteiger partial charge in [-0.1, -0.05) is 18.5 Å². The summed E-state index contributed by atoms with van der Waals surface area (Å²) in [4.78, 5) is 17.8. The van der Waals surface area contributed by atoms with Crippen molar-refractivity contribution in [3.63, 3.8) is 0 Å². The van der Waals surface area contributed by atoms with Gasteiger partial charge in [-0.25, -0.2) is 9.78 Å². The predicted molar refractivity (Wildman–Crippen MR) is 79.7 cm³/mol. The van der Waals surface area contributed by atoms with E-state index in [-0.39, 0.29) is 5.56 Å². The first-order valence-corrected chi connectivity index (χ1v) is 7.38. The topological polar surface area (TPSA) is 65.5 Å². The summed E-state index contributed by atoms with van der Waals surface area (Å²) < 4.78 is 0. The molecule has 1 saturated heterocycles. The van der Waals surface area contributed by atoms with Crippen LogP contribution < -0.4 is 10.2 Å². The van der Waals surface area contributed by atoms with Gasteiger partial charge in [0.2, 0.25) is 0 Å². The van der Waals surface area contributed by atoms with E-state index in [1.54, 1.807) is 0 Å². The number of pyridine rings is 1. The number of carboxylic acid groups (broad SMARTS) is 1. The number of nitrogens with zero attached hydrogens (tertiary/aromatic N) is 2. The summed E-state index contributed by atoms with van der Waals surface area (Å²) in [5.41, 5.74) is 0.224. The van der Waals surface area contributed by atoms with Crippen molar-refractivity contribution in [3.05, 3.63) is 22.8 Å². The molecular formula is C14H20ClN3O2. The monoisotopic (exact) mass is 297 g/mol. The lowest BCUT2D eigenvalue weighted by molar-refractivity contribution is 0.0697. The number of hydrogen-bond donors (Lipinski definition) is 2. The lowest BCUT2D eigenvalue weighted by Crippen LogP contribution is -2.44. The summed E-state index contributed by atoms with van der Waals surface area (Å²) in [7, 11) is 0. The maximum atomic E-state index is 11.4. The second-order valence-corrected chi connectivity index (χ2v) is 5.37. The molecule has 1 aromatic rings. The molecule has 0 unspecified atom stereocenters. The summed E-state index contributed by atoms with van der Waals surface area (Å²) in [6.45, 7) is 4.78. The molecule has 110 valence electrons. The van der Waals surface area contributed by atoms with Crippen molar-refractivity contribution >= 4 is 23.4 Å². The van der Waals surface area contributed by atoms with Gasteiger partial charge in [-0.2, -0.15) is 0 Å². The fourth-order valence-electron chi connectivity index (χ4n) is 2.63. The number of nitrogens with one attached hydrogen (secondary N) is 1. The van der Waals surface area contributed by atoms with Crippen molar-refractivity contribution in [2.75, 3.05) is 24.5 Å². The van der Waals surface area contributed by atoms with Crippen LogP contribution in [0.4, 0.5) is 5.82 Å². The molecule has 0 saturated carbocycles. The zero-order chi connectivity index (χ0) is 14.5. The largest absolute Gasteiger partial charge is 0.478 e. The molecule has 0 atom stereocenters. The number of halogens is 1. The molecule has 20 heavy (non-hydrogen) atoms. The average Bonchev–Trinajstić information content (AvgIpc) is 2.45. The number of rotatable bonds is 5. The second kappa shape index (κ2) is 6.90. The maximum absolute atomic E-state index is 11.4. The van der Waals surface area contributed by atoms with Crippen LogP contribution in [-0.2, 0) is 0 Å². The second-order valence-electron chi connectivity index (χ2n) is 4.98. The van der Waals surface area contributed by atoms with E-state index < -0.39 is 5.97 Å². The van der Waals surface area contributed by atoms with Crippen molar-refractivity contribution in [1.82, 2.24) is 10.3 Å². The molecule has 0 aliphatic carbocycles. The minimum atomic E-state index is -0.959. The third-order valence-electron chi connectivity index (χ3n) is 3.56.